The molecule has 8 heteroatoms. The summed E-state index contributed by atoms with van der Waals surface area (Å²) < 4.78 is 3.42. The van der Waals surface area contributed by atoms with Gasteiger partial charge in [0.2, 0.25) is 5.91 Å². The van der Waals surface area contributed by atoms with Crippen molar-refractivity contribution in [1.29, 1.82) is 0 Å². The van der Waals surface area contributed by atoms with Gasteiger partial charge in [-0.15, -0.1) is 0 Å². The summed E-state index contributed by atoms with van der Waals surface area (Å²) in [5.41, 5.74) is 4.81. The van der Waals surface area contributed by atoms with Crippen LogP contribution in [0.15, 0.2) is 0 Å². The Labute approximate surface area is 119 Å². The van der Waals surface area contributed by atoms with E-state index in [4.69, 9.17) is 5.73 Å². The molecule has 1 rings (SSSR count). The summed E-state index contributed by atoms with van der Waals surface area (Å²) in [5, 5.41) is 2.04. The number of hydrogen-bond acceptors (Lipinski definition) is 5. The minimum absolute atomic E-state index is 0.263. The average Bonchev–Trinajstić information content (AvgIpc) is 2.72. The molecule has 0 saturated carbocycles. The van der Waals surface area contributed by atoms with Crippen LogP contribution in [-0.4, -0.2) is 28.2 Å². The van der Waals surface area contributed by atoms with Crippen molar-refractivity contribution >= 4 is 39.8 Å². The van der Waals surface area contributed by atoms with E-state index >= 15 is 0 Å². The first kappa shape index (κ1) is 17.6. The van der Waals surface area contributed by atoms with Crippen molar-refractivity contribution in [3.05, 3.63) is 0 Å². The average molecular weight is 337 g/mol. The Bertz CT molecular complexity index is 365. The number of alkyl halides is 1. The second-order valence-electron chi connectivity index (χ2n) is 3.84. The van der Waals surface area contributed by atoms with Crippen molar-refractivity contribution in [3.63, 3.8) is 0 Å². The van der Waals surface area contributed by atoms with Gasteiger partial charge in [-0.05, 0) is 12.8 Å². The number of nitrogens with one attached hydrogen (secondary N) is 1. The van der Waals surface area contributed by atoms with Gasteiger partial charge >= 0.3 is 18.0 Å². The Balaban J connectivity index is 0.000000388. The second-order valence-corrected chi connectivity index (χ2v) is 5.35. The van der Waals surface area contributed by atoms with Crippen LogP contribution in [0, 0.1) is 0 Å². The minimum atomic E-state index is -0.814. The summed E-state index contributed by atoms with van der Waals surface area (Å²) in [6.07, 6.45) is 1.75. The highest BCUT2D eigenvalue weighted by molar-refractivity contribution is 9.10. The number of urea groups is 1. The van der Waals surface area contributed by atoms with Crippen LogP contribution in [-0.2, 0) is 19.1 Å². The summed E-state index contributed by atoms with van der Waals surface area (Å²) in [6, 6.07) is -0.814. The predicted octanol–water partition coefficient (Wildman–Crippen LogP) is 0.985. The van der Waals surface area contributed by atoms with Gasteiger partial charge in [-0.1, -0.05) is 29.8 Å². The number of imide groups is 1. The number of rotatable bonds is 3. The zero-order valence-corrected chi connectivity index (χ0v) is 12.4. The molecule has 3 N–H and O–H groups in total. The second kappa shape index (κ2) is 7.88. The van der Waals surface area contributed by atoms with Crippen molar-refractivity contribution in [2.75, 3.05) is 0 Å². The topological polar surface area (TPSA) is 116 Å². The molecule has 0 unspecified atom stereocenters. The maximum Gasteiger partial charge on any atom is 0.318 e. The first-order valence-corrected chi connectivity index (χ1v) is 6.57. The highest BCUT2D eigenvalue weighted by Gasteiger charge is 2.32. The summed E-state index contributed by atoms with van der Waals surface area (Å²) in [5.74, 6) is -1.17. The minimum Gasteiger partial charge on any atom is -0.393 e. The smallest absolute Gasteiger partial charge is 0.318 e. The van der Waals surface area contributed by atoms with Crippen molar-refractivity contribution in [2.24, 2.45) is 5.73 Å². The highest BCUT2D eigenvalue weighted by atomic mass is 79.9. The number of nitrogens with two attached hydrogens (primary N) is 1. The summed E-state index contributed by atoms with van der Waals surface area (Å²) >= 11 is 3.26. The van der Waals surface area contributed by atoms with Gasteiger partial charge in [-0.3, -0.25) is 19.7 Å². The summed E-state index contributed by atoms with van der Waals surface area (Å²) in [7, 11) is 0. The maximum atomic E-state index is 11.3. The normalized spacial score (nSPS) is 14.3. The van der Waals surface area contributed by atoms with E-state index in [1.54, 1.807) is 0 Å². The number of ether oxygens (including phenoxy) is 1. The molecule has 1 aliphatic heterocycles. The van der Waals surface area contributed by atoms with Crippen LogP contribution < -0.4 is 11.1 Å². The zero-order valence-electron chi connectivity index (χ0n) is 10.8. The third-order valence-electron chi connectivity index (χ3n) is 2.53. The van der Waals surface area contributed by atoms with E-state index in [2.05, 4.69) is 20.7 Å². The van der Waals surface area contributed by atoms with Gasteiger partial charge in [0, 0.05) is 0 Å². The fourth-order valence-corrected chi connectivity index (χ4v) is 1.33. The number of halogens is 1. The third kappa shape index (κ3) is 6.32. The maximum absolute atomic E-state index is 11.3. The third-order valence-corrected chi connectivity index (χ3v) is 4.01. The lowest BCUT2D eigenvalue weighted by atomic mass is 10.0. The molecule has 0 bridgehead atoms. The molecule has 1 saturated heterocycles. The molecule has 0 radical (unpaired) electrons. The molecule has 0 aromatic carbocycles. The van der Waals surface area contributed by atoms with E-state index in [1.165, 1.54) is 0 Å². The molecule has 0 atom stereocenters. The van der Waals surface area contributed by atoms with Crippen LogP contribution in [0.4, 0.5) is 4.79 Å². The van der Waals surface area contributed by atoms with E-state index in [0.717, 1.165) is 0 Å². The molecular weight excluding hydrogens is 320 g/mol. The number of primary amides is 1. The van der Waals surface area contributed by atoms with Gasteiger partial charge in [0.15, 0.2) is 0 Å². The molecule has 3 amide bonds. The summed E-state index contributed by atoms with van der Waals surface area (Å²) in [6.45, 7) is 3.72. The van der Waals surface area contributed by atoms with Crippen LogP contribution in [0.3, 0.4) is 0 Å². The molecule has 1 heterocycles. The lowest BCUT2D eigenvalue weighted by molar-refractivity contribution is -0.152. The van der Waals surface area contributed by atoms with Crippen LogP contribution in [0.1, 0.15) is 39.5 Å². The Kier molecular flexibility index (Phi) is 7.28. The number of carbonyl (C=O) groups excluding carboxylic acids is 4. The van der Waals surface area contributed by atoms with Crippen LogP contribution in [0.25, 0.3) is 0 Å². The van der Waals surface area contributed by atoms with Crippen molar-refractivity contribution in [3.8, 4) is 0 Å². The first-order valence-electron chi connectivity index (χ1n) is 5.78. The van der Waals surface area contributed by atoms with E-state index in [1.807, 2.05) is 19.2 Å². The number of hydrogen-bond donors (Lipinski definition) is 2. The fourth-order valence-electron chi connectivity index (χ4n) is 1.23. The van der Waals surface area contributed by atoms with Gasteiger partial charge in [0.25, 0.3) is 0 Å². The standard InChI is InChI=1S/C7H13BrN2O2.C4H4O3/c1-3-7(8,4-2)5(11)10-6(9)12;5-3-1-2-4(6)7-3/h3-4H2,1-2H3,(H3,9,10,11,12);1-2H2. The largest absolute Gasteiger partial charge is 0.393 e. The molecule has 0 spiro atoms. The van der Waals surface area contributed by atoms with Gasteiger partial charge in [0.1, 0.15) is 4.32 Å². The number of cyclic esters (lactones) is 2. The lowest BCUT2D eigenvalue weighted by Gasteiger charge is -2.21. The molecule has 1 aliphatic rings. The predicted molar refractivity (Wildman–Crippen MR) is 70.3 cm³/mol. The monoisotopic (exact) mass is 336 g/mol. The van der Waals surface area contributed by atoms with Crippen LogP contribution in [0.5, 0.6) is 0 Å². The van der Waals surface area contributed by atoms with Crippen LogP contribution >= 0.6 is 15.9 Å². The summed E-state index contributed by atoms with van der Waals surface area (Å²) in [4.78, 5) is 41.7. The van der Waals surface area contributed by atoms with E-state index in [9.17, 15) is 19.2 Å². The molecular formula is C11H17BrN2O5. The molecule has 0 aliphatic carbocycles. The van der Waals surface area contributed by atoms with Gasteiger partial charge in [-0.25, -0.2) is 4.79 Å². The van der Waals surface area contributed by atoms with E-state index < -0.39 is 22.3 Å². The molecule has 0 aromatic rings. The van der Waals surface area contributed by atoms with Crippen molar-refractivity contribution < 1.29 is 23.9 Å². The Morgan fingerprint density at radius 3 is 1.89 bits per heavy atom. The molecule has 19 heavy (non-hydrogen) atoms. The highest BCUT2D eigenvalue weighted by Crippen LogP contribution is 2.26. The number of esters is 2. The first-order chi connectivity index (χ1) is 8.75. The van der Waals surface area contributed by atoms with E-state index in [-0.39, 0.29) is 18.7 Å². The van der Waals surface area contributed by atoms with Gasteiger partial charge in [0.05, 0.1) is 12.8 Å². The number of carbonyl (C=O) groups is 4. The Hall–Kier alpha value is -1.44. The van der Waals surface area contributed by atoms with E-state index in [0.29, 0.717) is 12.8 Å². The van der Waals surface area contributed by atoms with Crippen molar-refractivity contribution in [1.82, 2.24) is 5.32 Å². The van der Waals surface area contributed by atoms with Crippen molar-refractivity contribution in [2.45, 2.75) is 43.9 Å². The molecule has 1 fully saturated rings. The number of amides is 3. The van der Waals surface area contributed by atoms with Gasteiger partial charge < -0.3 is 10.5 Å². The van der Waals surface area contributed by atoms with Gasteiger partial charge in [-0.2, -0.15) is 0 Å². The SMILES string of the molecule is CCC(Br)(CC)C(=O)NC(N)=O.O=C1CCC(=O)O1. The fraction of sp³-hybridized carbons (Fsp3) is 0.636. The Morgan fingerprint density at radius 1 is 1.26 bits per heavy atom. The Morgan fingerprint density at radius 2 is 1.68 bits per heavy atom. The molecule has 7 nitrogen and oxygen atoms in total. The molecule has 0 aromatic heterocycles. The van der Waals surface area contributed by atoms with Crippen LogP contribution in [0.2, 0.25) is 0 Å². The zero-order chi connectivity index (χ0) is 15.1. The quantitative estimate of drug-likeness (QED) is 0.452. The lowest BCUT2D eigenvalue weighted by Crippen LogP contribution is -2.46. The molecule has 108 valence electrons.